The van der Waals surface area contributed by atoms with Crippen LogP contribution in [0.1, 0.15) is 126 Å². The molecule has 0 radical (unpaired) electrons. The lowest BCUT2D eigenvalue weighted by atomic mass is 9.44. The second-order valence-corrected chi connectivity index (χ2v) is 15.6. The van der Waals surface area contributed by atoms with Gasteiger partial charge in [-0.25, -0.2) is 0 Å². The Morgan fingerprint density at radius 3 is 2.43 bits per heavy atom. The molecule has 0 bridgehead atoms. The van der Waals surface area contributed by atoms with Crippen molar-refractivity contribution in [1.29, 1.82) is 0 Å². The smallest absolute Gasteiger partial charge is 0.311 e. The molecule has 0 unspecified atom stereocenters. The van der Waals surface area contributed by atoms with Gasteiger partial charge in [0.25, 0.3) is 0 Å². The average molecular weight is 487 g/mol. The molecule has 4 aliphatic carbocycles. The van der Waals surface area contributed by atoms with Crippen molar-refractivity contribution in [3.8, 4) is 0 Å². The van der Waals surface area contributed by atoms with Crippen molar-refractivity contribution in [1.82, 2.24) is 0 Å². The van der Waals surface area contributed by atoms with Crippen LogP contribution in [-0.2, 0) is 14.3 Å². The minimum Gasteiger partial charge on any atom is -0.462 e. The number of epoxide rings is 1. The van der Waals surface area contributed by atoms with Crippen molar-refractivity contribution in [2.45, 2.75) is 144 Å². The highest BCUT2D eigenvalue weighted by atomic mass is 16.6. The highest BCUT2D eigenvalue weighted by molar-refractivity contribution is 5.75. The molecular weight excluding hydrogens is 432 g/mol. The van der Waals surface area contributed by atoms with Crippen LogP contribution in [0, 0.1) is 51.8 Å². The Labute approximate surface area is 215 Å². The second kappa shape index (κ2) is 8.74. The number of hydrogen-bond acceptors (Lipinski definition) is 3. The number of ether oxygens (including phenoxy) is 2. The van der Waals surface area contributed by atoms with Gasteiger partial charge in [0.2, 0.25) is 0 Å². The minimum absolute atomic E-state index is 0.0227. The number of fused-ring (bicyclic) bond motifs is 4. The van der Waals surface area contributed by atoms with Crippen LogP contribution in [0.15, 0.2) is 0 Å². The van der Waals surface area contributed by atoms with E-state index in [0.717, 1.165) is 54.8 Å². The molecule has 3 nitrogen and oxygen atoms in total. The van der Waals surface area contributed by atoms with Gasteiger partial charge >= 0.3 is 5.97 Å². The molecule has 5 aliphatic rings. The van der Waals surface area contributed by atoms with Gasteiger partial charge < -0.3 is 9.47 Å². The maximum Gasteiger partial charge on any atom is 0.311 e. The van der Waals surface area contributed by atoms with E-state index in [1.165, 1.54) is 51.4 Å². The summed E-state index contributed by atoms with van der Waals surface area (Å²) < 4.78 is 12.7. The molecule has 1 aliphatic heterocycles. The molecule has 0 aromatic carbocycles. The standard InChI is InChI=1S/C32H54O3/c1-20(2)10-9-11-21(3)24-12-13-25-23-18-27-32(35-27)19-22(34-28(33)29(4,5)6)14-17-31(32,8)26(23)15-16-30(24,25)7/h20-27H,9-19H2,1-8H3/t21-,22+,23+,24-,25+,26+,27-,30-,31-,32-/m1/s1. The molecule has 3 heteroatoms. The van der Waals surface area contributed by atoms with Crippen molar-refractivity contribution in [2.75, 3.05) is 0 Å². The predicted molar refractivity (Wildman–Crippen MR) is 142 cm³/mol. The molecule has 1 saturated heterocycles. The van der Waals surface area contributed by atoms with Gasteiger partial charge in [-0.1, -0.05) is 53.9 Å². The Balaban J connectivity index is 1.28. The summed E-state index contributed by atoms with van der Waals surface area (Å²) >= 11 is 0. The highest BCUT2D eigenvalue weighted by Gasteiger charge is 2.76. The van der Waals surface area contributed by atoms with Crippen LogP contribution in [0.2, 0.25) is 0 Å². The first-order valence-corrected chi connectivity index (χ1v) is 15.2. The summed E-state index contributed by atoms with van der Waals surface area (Å²) in [4.78, 5) is 12.6. The molecule has 10 atom stereocenters. The van der Waals surface area contributed by atoms with E-state index >= 15 is 0 Å². The summed E-state index contributed by atoms with van der Waals surface area (Å²) in [6.07, 6.45) is 14.7. The molecule has 4 saturated carbocycles. The molecular formula is C32H54O3. The first-order chi connectivity index (χ1) is 16.3. The third-order valence-corrected chi connectivity index (χ3v) is 12.1. The predicted octanol–water partition coefficient (Wildman–Crippen LogP) is 8.20. The summed E-state index contributed by atoms with van der Waals surface area (Å²) in [5.41, 5.74) is 0.334. The molecule has 5 fully saturated rings. The lowest BCUT2D eigenvalue weighted by Gasteiger charge is -2.59. The zero-order valence-corrected chi connectivity index (χ0v) is 24.1. The summed E-state index contributed by atoms with van der Waals surface area (Å²) in [5, 5.41) is 0. The number of hydrogen-bond donors (Lipinski definition) is 0. The van der Waals surface area contributed by atoms with E-state index in [4.69, 9.17) is 9.47 Å². The van der Waals surface area contributed by atoms with Crippen LogP contribution in [0.3, 0.4) is 0 Å². The van der Waals surface area contributed by atoms with Crippen molar-refractivity contribution in [3.05, 3.63) is 0 Å². The highest BCUT2D eigenvalue weighted by Crippen LogP contribution is 2.74. The lowest BCUT2D eigenvalue weighted by Crippen LogP contribution is -2.59. The summed E-state index contributed by atoms with van der Waals surface area (Å²) in [7, 11) is 0. The van der Waals surface area contributed by atoms with Crippen LogP contribution in [-0.4, -0.2) is 23.8 Å². The lowest BCUT2D eigenvalue weighted by molar-refractivity contribution is -0.168. The molecule has 200 valence electrons. The molecule has 0 aromatic heterocycles. The van der Waals surface area contributed by atoms with Crippen LogP contribution in [0.5, 0.6) is 0 Å². The van der Waals surface area contributed by atoms with Gasteiger partial charge in [0, 0.05) is 11.8 Å². The Morgan fingerprint density at radius 2 is 1.74 bits per heavy atom. The maximum atomic E-state index is 12.6. The average Bonchev–Trinajstić information content (AvgIpc) is 3.33. The molecule has 1 spiro atoms. The van der Waals surface area contributed by atoms with Crippen LogP contribution < -0.4 is 0 Å². The summed E-state index contributed by atoms with van der Waals surface area (Å²) in [5.74, 6) is 5.06. The van der Waals surface area contributed by atoms with Crippen molar-refractivity contribution < 1.29 is 14.3 Å². The van der Waals surface area contributed by atoms with E-state index < -0.39 is 5.41 Å². The largest absolute Gasteiger partial charge is 0.462 e. The van der Waals surface area contributed by atoms with Gasteiger partial charge in [-0.3, -0.25) is 4.79 Å². The Kier molecular flexibility index (Phi) is 6.50. The van der Waals surface area contributed by atoms with Gasteiger partial charge in [0.05, 0.1) is 11.5 Å². The SMILES string of the molecule is CC(C)CCC[C@@H](C)[C@H]1CC[C@H]2[C@@H]3C[C@H]4O[C@]45C[C@@H](OC(=O)C(C)(C)C)CC[C@]5(C)[C@H]3CC[C@]12C. The molecule has 35 heavy (non-hydrogen) atoms. The van der Waals surface area contributed by atoms with E-state index in [9.17, 15) is 4.79 Å². The number of rotatable bonds is 6. The van der Waals surface area contributed by atoms with Gasteiger partial charge in [0.15, 0.2) is 0 Å². The first kappa shape index (κ1) is 26.1. The molecule has 0 amide bonds. The first-order valence-electron chi connectivity index (χ1n) is 15.2. The minimum atomic E-state index is -0.432. The Hall–Kier alpha value is -0.570. The van der Waals surface area contributed by atoms with E-state index in [-0.39, 0.29) is 23.1 Å². The fourth-order valence-corrected chi connectivity index (χ4v) is 10.1. The molecule has 5 rings (SSSR count). The zero-order chi connectivity index (χ0) is 25.4. The normalized spacial score (nSPS) is 47.3. The maximum absolute atomic E-state index is 12.6. The van der Waals surface area contributed by atoms with Gasteiger partial charge in [0.1, 0.15) is 11.7 Å². The molecule has 1 heterocycles. The van der Waals surface area contributed by atoms with Gasteiger partial charge in [-0.05, 0) is 107 Å². The fraction of sp³-hybridized carbons (Fsp3) is 0.969. The zero-order valence-electron chi connectivity index (χ0n) is 24.1. The summed E-state index contributed by atoms with van der Waals surface area (Å²) in [6, 6.07) is 0. The quantitative estimate of drug-likeness (QED) is 0.280. The number of carbonyl (C=O) groups excluding carboxylic acids is 1. The topological polar surface area (TPSA) is 38.8 Å². The van der Waals surface area contributed by atoms with Crippen molar-refractivity contribution in [3.63, 3.8) is 0 Å². The number of esters is 1. The van der Waals surface area contributed by atoms with E-state index in [1.807, 2.05) is 20.8 Å². The second-order valence-electron chi connectivity index (χ2n) is 15.6. The Morgan fingerprint density at radius 1 is 1.00 bits per heavy atom. The van der Waals surface area contributed by atoms with Gasteiger partial charge in [-0.15, -0.1) is 0 Å². The van der Waals surface area contributed by atoms with E-state index in [0.29, 0.717) is 11.5 Å². The third kappa shape index (κ3) is 4.13. The Bertz CT molecular complexity index is 812. The molecule has 0 N–H and O–H groups in total. The van der Waals surface area contributed by atoms with Crippen molar-refractivity contribution in [2.24, 2.45) is 51.8 Å². The number of carbonyl (C=O) groups is 1. The van der Waals surface area contributed by atoms with Gasteiger partial charge in [-0.2, -0.15) is 0 Å². The van der Waals surface area contributed by atoms with Crippen molar-refractivity contribution >= 4 is 5.97 Å². The van der Waals surface area contributed by atoms with Crippen LogP contribution >= 0.6 is 0 Å². The summed E-state index contributed by atoms with van der Waals surface area (Å²) in [6.45, 7) is 18.4. The van der Waals surface area contributed by atoms with Crippen LogP contribution in [0.25, 0.3) is 0 Å². The monoisotopic (exact) mass is 486 g/mol. The van der Waals surface area contributed by atoms with Crippen LogP contribution in [0.4, 0.5) is 0 Å². The fourth-order valence-electron chi connectivity index (χ4n) is 10.1. The third-order valence-electron chi connectivity index (χ3n) is 12.1. The molecule has 0 aromatic rings. The van der Waals surface area contributed by atoms with E-state index in [2.05, 4.69) is 34.6 Å². The van der Waals surface area contributed by atoms with E-state index in [1.54, 1.807) is 0 Å².